The van der Waals surface area contributed by atoms with E-state index >= 15 is 0 Å². The molecule has 0 aromatic carbocycles. The number of rotatable bonds is 4. The zero-order valence-electron chi connectivity index (χ0n) is 9.72. The standard InChI is InChI=1S/C11H18N4O/c1-2-5-15-11(12-9-13-15)8-14-6-3-10(16)4-7-14/h9H,2-8H2,1H3. The lowest BCUT2D eigenvalue weighted by Crippen LogP contribution is -2.34. The maximum Gasteiger partial charge on any atom is 0.141 e. The van der Waals surface area contributed by atoms with Crippen LogP contribution in [0.15, 0.2) is 6.33 Å². The topological polar surface area (TPSA) is 51.0 Å². The number of carbonyl (C=O) groups is 1. The minimum absolute atomic E-state index is 0.381. The Kier molecular flexibility index (Phi) is 3.66. The summed E-state index contributed by atoms with van der Waals surface area (Å²) in [5, 5.41) is 4.20. The van der Waals surface area contributed by atoms with E-state index in [1.54, 1.807) is 6.33 Å². The SMILES string of the molecule is CCCn1ncnc1CN1CCC(=O)CC1. The Morgan fingerprint density at radius 3 is 2.81 bits per heavy atom. The van der Waals surface area contributed by atoms with Crippen LogP contribution in [0.4, 0.5) is 0 Å². The predicted octanol–water partition coefficient (Wildman–Crippen LogP) is 0.853. The summed E-state index contributed by atoms with van der Waals surface area (Å²) in [7, 11) is 0. The van der Waals surface area contributed by atoms with Crippen molar-refractivity contribution in [2.75, 3.05) is 13.1 Å². The van der Waals surface area contributed by atoms with Crippen LogP contribution < -0.4 is 0 Å². The lowest BCUT2D eigenvalue weighted by molar-refractivity contribution is -0.121. The Morgan fingerprint density at radius 1 is 1.38 bits per heavy atom. The highest BCUT2D eigenvalue weighted by Gasteiger charge is 2.17. The minimum atomic E-state index is 0.381. The fraction of sp³-hybridized carbons (Fsp3) is 0.727. The van der Waals surface area contributed by atoms with Crippen molar-refractivity contribution in [1.29, 1.82) is 0 Å². The normalized spacial score (nSPS) is 17.9. The van der Waals surface area contributed by atoms with Gasteiger partial charge in [0.05, 0.1) is 6.54 Å². The first-order valence-corrected chi connectivity index (χ1v) is 5.90. The Morgan fingerprint density at radius 2 is 2.12 bits per heavy atom. The first kappa shape index (κ1) is 11.3. The average molecular weight is 222 g/mol. The van der Waals surface area contributed by atoms with Crippen molar-refractivity contribution in [3.8, 4) is 0 Å². The van der Waals surface area contributed by atoms with Gasteiger partial charge in [0.1, 0.15) is 17.9 Å². The lowest BCUT2D eigenvalue weighted by Gasteiger charge is -2.25. The third-order valence-corrected chi connectivity index (χ3v) is 2.91. The van der Waals surface area contributed by atoms with Crippen LogP contribution in [-0.4, -0.2) is 38.5 Å². The molecule has 88 valence electrons. The number of Topliss-reactive ketones (excluding diaryl/α,β-unsaturated/α-hetero) is 1. The molecule has 1 aliphatic heterocycles. The van der Waals surface area contributed by atoms with Gasteiger partial charge in [0.15, 0.2) is 0 Å². The fourth-order valence-corrected chi connectivity index (χ4v) is 1.97. The van der Waals surface area contributed by atoms with Gasteiger partial charge >= 0.3 is 0 Å². The zero-order valence-corrected chi connectivity index (χ0v) is 9.72. The van der Waals surface area contributed by atoms with E-state index in [4.69, 9.17) is 0 Å². The predicted molar refractivity (Wildman–Crippen MR) is 59.8 cm³/mol. The third-order valence-electron chi connectivity index (χ3n) is 2.91. The van der Waals surface area contributed by atoms with Gasteiger partial charge in [-0.2, -0.15) is 5.10 Å². The van der Waals surface area contributed by atoms with Gasteiger partial charge in [-0.3, -0.25) is 9.69 Å². The van der Waals surface area contributed by atoms with Crippen molar-refractivity contribution < 1.29 is 4.79 Å². The summed E-state index contributed by atoms with van der Waals surface area (Å²) in [4.78, 5) is 17.7. The molecule has 1 aromatic rings. The molecule has 5 nitrogen and oxygen atoms in total. The van der Waals surface area contributed by atoms with Gasteiger partial charge in [0.2, 0.25) is 0 Å². The number of likely N-dealkylation sites (tertiary alicyclic amines) is 1. The van der Waals surface area contributed by atoms with E-state index in [0.29, 0.717) is 18.6 Å². The van der Waals surface area contributed by atoms with E-state index in [-0.39, 0.29) is 0 Å². The van der Waals surface area contributed by atoms with Crippen LogP contribution in [0.25, 0.3) is 0 Å². The summed E-state index contributed by atoms with van der Waals surface area (Å²) in [5.74, 6) is 1.39. The Hall–Kier alpha value is -1.23. The van der Waals surface area contributed by atoms with Crippen LogP contribution in [0.3, 0.4) is 0 Å². The molecule has 0 amide bonds. The second-order valence-corrected chi connectivity index (χ2v) is 4.21. The van der Waals surface area contributed by atoms with Crippen molar-refractivity contribution >= 4 is 5.78 Å². The van der Waals surface area contributed by atoms with Crippen molar-refractivity contribution in [2.24, 2.45) is 0 Å². The Balaban J connectivity index is 1.93. The van der Waals surface area contributed by atoms with Gasteiger partial charge in [0.25, 0.3) is 0 Å². The van der Waals surface area contributed by atoms with E-state index in [9.17, 15) is 4.79 Å². The molecular weight excluding hydrogens is 204 g/mol. The van der Waals surface area contributed by atoms with Crippen molar-refractivity contribution in [3.63, 3.8) is 0 Å². The van der Waals surface area contributed by atoms with Gasteiger partial charge in [-0.1, -0.05) is 6.92 Å². The summed E-state index contributed by atoms with van der Waals surface area (Å²) in [5.41, 5.74) is 0. The Labute approximate surface area is 95.5 Å². The molecule has 2 heterocycles. The molecule has 0 aliphatic carbocycles. The molecule has 1 saturated heterocycles. The van der Waals surface area contributed by atoms with E-state index in [1.165, 1.54) is 0 Å². The molecule has 0 bridgehead atoms. The highest BCUT2D eigenvalue weighted by molar-refractivity contribution is 5.79. The summed E-state index contributed by atoms with van der Waals surface area (Å²) in [6, 6.07) is 0. The second-order valence-electron chi connectivity index (χ2n) is 4.21. The number of ketones is 1. The van der Waals surface area contributed by atoms with Gasteiger partial charge < -0.3 is 0 Å². The van der Waals surface area contributed by atoms with Gasteiger partial charge in [-0.25, -0.2) is 9.67 Å². The number of nitrogens with zero attached hydrogens (tertiary/aromatic N) is 4. The molecule has 16 heavy (non-hydrogen) atoms. The van der Waals surface area contributed by atoms with Crippen molar-refractivity contribution in [1.82, 2.24) is 19.7 Å². The number of aromatic nitrogens is 3. The maximum absolute atomic E-state index is 11.1. The van der Waals surface area contributed by atoms with E-state index < -0.39 is 0 Å². The summed E-state index contributed by atoms with van der Waals surface area (Å²) >= 11 is 0. The molecule has 0 atom stereocenters. The summed E-state index contributed by atoms with van der Waals surface area (Å²) < 4.78 is 1.95. The van der Waals surface area contributed by atoms with E-state index in [0.717, 1.165) is 38.4 Å². The molecule has 2 rings (SSSR count). The summed E-state index contributed by atoms with van der Waals surface area (Å²) in [6.07, 6.45) is 4.04. The van der Waals surface area contributed by atoms with E-state index in [1.807, 2.05) is 4.68 Å². The first-order chi connectivity index (χ1) is 7.79. The number of aryl methyl sites for hydroxylation is 1. The smallest absolute Gasteiger partial charge is 0.141 e. The second kappa shape index (κ2) is 5.21. The van der Waals surface area contributed by atoms with Crippen LogP contribution in [0.1, 0.15) is 32.0 Å². The molecule has 0 unspecified atom stereocenters. The van der Waals surface area contributed by atoms with Gasteiger partial charge in [-0.15, -0.1) is 0 Å². The molecule has 1 aliphatic rings. The average Bonchev–Trinajstić information content (AvgIpc) is 2.70. The number of hydrogen-bond acceptors (Lipinski definition) is 4. The van der Waals surface area contributed by atoms with Crippen LogP contribution >= 0.6 is 0 Å². The lowest BCUT2D eigenvalue weighted by atomic mass is 10.1. The van der Waals surface area contributed by atoms with Crippen LogP contribution in [0.5, 0.6) is 0 Å². The fourth-order valence-electron chi connectivity index (χ4n) is 1.97. The number of carbonyl (C=O) groups excluding carboxylic acids is 1. The minimum Gasteiger partial charge on any atom is -0.300 e. The first-order valence-electron chi connectivity index (χ1n) is 5.90. The maximum atomic E-state index is 11.1. The third kappa shape index (κ3) is 2.66. The Bertz CT molecular complexity index is 351. The number of piperidine rings is 1. The molecule has 5 heteroatoms. The van der Waals surface area contributed by atoms with Crippen LogP contribution in [0, 0.1) is 0 Å². The van der Waals surface area contributed by atoms with Crippen LogP contribution in [-0.2, 0) is 17.9 Å². The highest BCUT2D eigenvalue weighted by Crippen LogP contribution is 2.09. The largest absolute Gasteiger partial charge is 0.300 e. The molecule has 0 spiro atoms. The van der Waals surface area contributed by atoms with Crippen molar-refractivity contribution in [2.45, 2.75) is 39.3 Å². The molecule has 0 radical (unpaired) electrons. The molecule has 1 aromatic heterocycles. The molecule has 1 fully saturated rings. The monoisotopic (exact) mass is 222 g/mol. The van der Waals surface area contributed by atoms with Gasteiger partial charge in [0, 0.05) is 32.5 Å². The molecule has 0 N–H and O–H groups in total. The quantitative estimate of drug-likeness (QED) is 0.758. The summed E-state index contributed by atoms with van der Waals surface area (Å²) in [6.45, 7) is 5.58. The van der Waals surface area contributed by atoms with E-state index in [2.05, 4.69) is 21.9 Å². The highest BCUT2D eigenvalue weighted by atomic mass is 16.1. The zero-order chi connectivity index (χ0) is 11.4. The van der Waals surface area contributed by atoms with Crippen LogP contribution in [0.2, 0.25) is 0 Å². The van der Waals surface area contributed by atoms with Gasteiger partial charge in [-0.05, 0) is 6.42 Å². The molecule has 0 saturated carbocycles. The van der Waals surface area contributed by atoms with Crippen molar-refractivity contribution in [3.05, 3.63) is 12.2 Å². The molecular formula is C11H18N4O. The number of hydrogen-bond donors (Lipinski definition) is 0.